The zero-order chi connectivity index (χ0) is 14.5. The molecule has 0 fully saturated rings. The van der Waals surface area contributed by atoms with E-state index < -0.39 is 5.60 Å². The van der Waals surface area contributed by atoms with Gasteiger partial charge in [0, 0.05) is 28.5 Å². The Labute approximate surface area is 127 Å². The Morgan fingerprint density at radius 2 is 2.21 bits per heavy atom. The van der Waals surface area contributed by atoms with Gasteiger partial charge in [-0.05, 0) is 55.1 Å². The summed E-state index contributed by atoms with van der Waals surface area (Å²) in [5, 5.41) is 8.15. The second-order valence-corrected chi connectivity index (χ2v) is 7.22. The fourth-order valence-electron chi connectivity index (χ4n) is 1.41. The molecule has 1 rings (SSSR count). The average molecular weight is 349 g/mol. The molecule has 108 valence electrons. The second-order valence-electron chi connectivity index (χ2n) is 5.37. The lowest BCUT2D eigenvalue weighted by molar-refractivity contribution is 0.0508. The van der Waals surface area contributed by atoms with Gasteiger partial charge in [0.15, 0.2) is 0 Å². The van der Waals surface area contributed by atoms with Gasteiger partial charge in [-0.15, -0.1) is 11.3 Å². The van der Waals surface area contributed by atoms with Crippen molar-refractivity contribution in [1.29, 1.82) is 0 Å². The van der Waals surface area contributed by atoms with Gasteiger partial charge in [-0.3, -0.25) is 0 Å². The molecule has 0 radical (unpaired) electrons. The van der Waals surface area contributed by atoms with Crippen LogP contribution in [0.1, 0.15) is 32.6 Å². The van der Waals surface area contributed by atoms with Crippen LogP contribution in [0.5, 0.6) is 0 Å². The lowest BCUT2D eigenvalue weighted by atomic mass is 10.2. The highest BCUT2D eigenvalue weighted by Crippen LogP contribution is 2.21. The van der Waals surface area contributed by atoms with Crippen molar-refractivity contribution in [3.8, 4) is 0 Å². The molecule has 0 saturated heterocycles. The van der Waals surface area contributed by atoms with Crippen LogP contribution in [0.15, 0.2) is 15.9 Å². The highest BCUT2D eigenvalue weighted by Gasteiger charge is 2.17. The standard InChI is InChI=1S/C13H21BrN2O2S/c1-9(16-12(17)18-13(2,3)4)7-15-8-11-10(14)5-6-19-11/h5-6,9,15H,7-8H2,1-4H3,(H,16,17). The summed E-state index contributed by atoms with van der Waals surface area (Å²) in [5.74, 6) is 0. The third-order valence-corrected chi connectivity index (χ3v) is 4.12. The number of carbonyl (C=O) groups is 1. The topological polar surface area (TPSA) is 50.4 Å². The number of nitrogens with one attached hydrogen (secondary N) is 2. The van der Waals surface area contributed by atoms with Crippen molar-refractivity contribution in [2.45, 2.75) is 45.9 Å². The number of alkyl carbamates (subject to hydrolysis) is 1. The second kappa shape index (κ2) is 7.26. The predicted molar refractivity (Wildman–Crippen MR) is 82.6 cm³/mol. The minimum atomic E-state index is -0.459. The first-order chi connectivity index (χ1) is 8.78. The molecular formula is C13H21BrN2O2S. The quantitative estimate of drug-likeness (QED) is 0.855. The van der Waals surface area contributed by atoms with Gasteiger partial charge in [-0.25, -0.2) is 4.79 Å². The van der Waals surface area contributed by atoms with Gasteiger partial charge in [-0.1, -0.05) is 0 Å². The normalized spacial score (nSPS) is 13.1. The summed E-state index contributed by atoms with van der Waals surface area (Å²) in [5.41, 5.74) is -0.459. The fourth-order valence-corrected chi connectivity index (χ4v) is 2.88. The molecule has 0 aliphatic carbocycles. The predicted octanol–water partition coefficient (Wildman–Crippen LogP) is 3.51. The van der Waals surface area contributed by atoms with E-state index in [1.54, 1.807) is 11.3 Å². The summed E-state index contributed by atoms with van der Waals surface area (Å²) >= 11 is 5.19. The average Bonchev–Trinajstić information content (AvgIpc) is 2.61. The van der Waals surface area contributed by atoms with Crippen LogP contribution in [-0.2, 0) is 11.3 Å². The summed E-state index contributed by atoms with van der Waals surface area (Å²) in [6.07, 6.45) is -0.376. The summed E-state index contributed by atoms with van der Waals surface area (Å²) in [4.78, 5) is 12.8. The Bertz CT molecular complexity index is 415. The number of hydrogen-bond acceptors (Lipinski definition) is 4. The van der Waals surface area contributed by atoms with Crippen LogP contribution in [-0.4, -0.2) is 24.3 Å². The number of rotatable bonds is 5. The van der Waals surface area contributed by atoms with E-state index in [9.17, 15) is 4.79 Å². The largest absolute Gasteiger partial charge is 0.444 e. The number of thiophene rings is 1. The highest BCUT2D eigenvalue weighted by atomic mass is 79.9. The first kappa shape index (κ1) is 16.5. The Hall–Kier alpha value is -0.590. The van der Waals surface area contributed by atoms with Crippen LogP contribution in [0, 0.1) is 0 Å². The lowest BCUT2D eigenvalue weighted by Crippen LogP contribution is -2.42. The van der Waals surface area contributed by atoms with Gasteiger partial charge in [0.25, 0.3) is 0 Å². The van der Waals surface area contributed by atoms with Crippen molar-refractivity contribution in [2.75, 3.05) is 6.54 Å². The number of halogens is 1. The van der Waals surface area contributed by atoms with E-state index in [4.69, 9.17) is 4.74 Å². The van der Waals surface area contributed by atoms with Crippen LogP contribution >= 0.6 is 27.3 Å². The van der Waals surface area contributed by atoms with E-state index >= 15 is 0 Å². The third-order valence-electron chi connectivity index (χ3n) is 2.19. The van der Waals surface area contributed by atoms with Crippen LogP contribution < -0.4 is 10.6 Å². The van der Waals surface area contributed by atoms with Crippen LogP contribution in [0.4, 0.5) is 4.79 Å². The van der Waals surface area contributed by atoms with Crippen LogP contribution in [0.2, 0.25) is 0 Å². The first-order valence-electron chi connectivity index (χ1n) is 6.20. The Balaban J connectivity index is 2.23. The van der Waals surface area contributed by atoms with Crippen molar-refractivity contribution in [3.63, 3.8) is 0 Å². The number of ether oxygens (including phenoxy) is 1. The van der Waals surface area contributed by atoms with Gasteiger partial charge in [0.1, 0.15) is 5.60 Å². The Morgan fingerprint density at radius 3 is 2.74 bits per heavy atom. The van der Waals surface area contributed by atoms with Crippen molar-refractivity contribution >= 4 is 33.4 Å². The molecular weight excluding hydrogens is 328 g/mol. The summed E-state index contributed by atoms with van der Waals surface area (Å²) in [6, 6.07) is 2.05. The summed E-state index contributed by atoms with van der Waals surface area (Å²) in [6.45, 7) is 8.99. The molecule has 1 aromatic rings. The summed E-state index contributed by atoms with van der Waals surface area (Å²) < 4.78 is 6.32. The smallest absolute Gasteiger partial charge is 0.407 e. The van der Waals surface area contributed by atoms with Gasteiger partial charge >= 0.3 is 6.09 Å². The SMILES string of the molecule is CC(CNCc1sccc1Br)NC(=O)OC(C)(C)C. The molecule has 1 amide bonds. The maximum Gasteiger partial charge on any atom is 0.407 e. The van der Waals surface area contributed by atoms with E-state index in [1.165, 1.54) is 4.88 Å². The molecule has 0 aliphatic rings. The molecule has 1 atom stereocenters. The first-order valence-corrected chi connectivity index (χ1v) is 7.87. The summed E-state index contributed by atoms with van der Waals surface area (Å²) in [7, 11) is 0. The maximum absolute atomic E-state index is 11.5. The number of amides is 1. The van der Waals surface area contributed by atoms with Crippen molar-refractivity contribution in [2.24, 2.45) is 0 Å². The number of carbonyl (C=O) groups excluding carboxylic acids is 1. The van der Waals surface area contributed by atoms with Gasteiger partial charge in [-0.2, -0.15) is 0 Å². The molecule has 0 spiro atoms. The zero-order valence-corrected chi connectivity index (χ0v) is 14.2. The fraction of sp³-hybridized carbons (Fsp3) is 0.615. The number of hydrogen-bond donors (Lipinski definition) is 2. The molecule has 4 nitrogen and oxygen atoms in total. The van der Waals surface area contributed by atoms with Crippen molar-refractivity contribution in [3.05, 3.63) is 20.8 Å². The molecule has 1 heterocycles. The zero-order valence-electron chi connectivity index (χ0n) is 11.7. The van der Waals surface area contributed by atoms with Crippen LogP contribution in [0.3, 0.4) is 0 Å². The van der Waals surface area contributed by atoms with Crippen LogP contribution in [0.25, 0.3) is 0 Å². The van der Waals surface area contributed by atoms with E-state index in [2.05, 4.69) is 26.6 Å². The molecule has 2 N–H and O–H groups in total. The van der Waals surface area contributed by atoms with Gasteiger partial charge in [0.05, 0.1) is 0 Å². The molecule has 1 aromatic heterocycles. The molecule has 19 heavy (non-hydrogen) atoms. The van der Waals surface area contributed by atoms with E-state index in [0.29, 0.717) is 6.54 Å². The Kier molecular flexibility index (Phi) is 6.29. The minimum Gasteiger partial charge on any atom is -0.444 e. The molecule has 6 heteroatoms. The maximum atomic E-state index is 11.5. The van der Waals surface area contributed by atoms with E-state index in [1.807, 2.05) is 39.1 Å². The highest BCUT2D eigenvalue weighted by molar-refractivity contribution is 9.10. The third kappa shape index (κ3) is 6.94. The lowest BCUT2D eigenvalue weighted by Gasteiger charge is -2.22. The molecule has 0 aromatic carbocycles. The minimum absolute atomic E-state index is 0.0218. The van der Waals surface area contributed by atoms with Crippen molar-refractivity contribution < 1.29 is 9.53 Å². The monoisotopic (exact) mass is 348 g/mol. The Morgan fingerprint density at radius 1 is 1.53 bits per heavy atom. The van der Waals surface area contributed by atoms with Crippen molar-refractivity contribution in [1.82, 2.24) is 10.6 Å². The molecule has 1 unspecified atom stereocenters. The van der Waals surface area contributed by atoms with E-state index in [-0.39, 0.29) is 12.1 Å². The molecule has 0 saturated carbocycles. The van der Waals surface area contributed by atoms with Gasteiger partial charge in [0.2, 0.25) is 0 Å². The molecule has 0 aliphatic heterocycles. The molecule has 0 bridgehead atoms. The van der Waals surface area contributed by atoms with Gasteiger partial charge < -0.3 is 15.4 Å². The van der Waals surface area contributed by atoms with E-state index in [0.717, 1.165) is 11.0 Å².